The molecule has 13 nitrogen and oxygen atoms in total. The molecule has 3 aromatic rings. The molecule has 0 aliphatic heterocycles. The molecule has 3 heterocycles. The Morgan fingerprint density at radius 2 is 1.94 bits per heavy atom. The van der Waals surface area contributed by atoms with Crippen LogP contribution in [0, 0.1) is 0 Å². The lowest BCUT2D eigenvalue weighted by Crippen LogP contribution is -2.39. The molecule has 0 spiro atoms. The highest BCUT2D eigenvalue weighted by molar-refractivity contribution is 6.01. The van der Waals surface area contributed by atoms with Crippen LogP contribution in [0.25, 0.3) is 0 Å². The van der Waals surface area contributed by atoms with Crippen LogP contribution in [0.4, 0.5) is 22.0 Å². The molecule has 35 heavy (non-hydrogen) atoms. The molecule has 13 heteroatoms. The fraction of sp³-hybridized carbons (Fsp3) is 0.409. The summed E-state index contributed by atoms with van der Waals surface area (Å²) in [6, 6.07) is 0. The van der Waals surface area contributed by atoms with Gasteiger partial charge in [0.05, 0.1) is 47.5 Å². The zero-order valence-corrected chi connectivity index (χ0v) is 19.6. The van der Waals surface area contributed by atoms with Crippen molar-refractivity contribution in [2.45, 2.75) is 51.7 Å². The van der Waals surface area contributed by atoms with Gasteiger partial charge >= 0.3 is 6.09 Å². The number of amides is 2. The van der Waals surface area contributed by atoms with Crippen LogP contribution in [-0.4, -0.2) is 59.0 Å². The highest BCUT2D eigenvalue weighted by Gasteiger charge is 2.28. The number of aliphatic hydroxyl groups is 1. The van der Waals surface area contributed by atoms with Crippen molar-refractivity contribution in [3.05, 3.63) is 42.5 Å². The summed E-state index contributed by atoms with van der Waals surface area (Å²) in [7, 11) is 0. The highest BCUT2D eigenvalue weighted by atomic mass is 16.6. The molecule has 4 N–H and O–H groups in total. The van der Waals surface area contributed by atoms with Gasteiger partial charge in [0.1, 0.15) is 12.0 Å². The van der Waals surface area contributed by atoms with Crippen molar-refractivity contribution in [3.63, 3.8) is 0 Å². The summed E-state index contributed by atoms with van der Waals surface area (Å²) in [5, 5.41) is 22.3. The lowest BCUT2D eigenvalue weighted by Gasteiger charge is -2.18. The minimum Gasteiger partial charge on any atom is -0.389 e. The van der Waals surface area contributed by atoms with Gasteiger partial charge in [-0.05, 0) is 33.6 Å². The molecule has 0 atom stereocenters. The number of hydrogen-bond donors (Lipinski definition) is 4. The van der Waals surface area contributed by atoms with Crippen molar-refractivity contribution >= 4 is 29.2 Å². The maximum atomic E-state index is 12.8. The number of aromatic nitrogens is 6. The van der Waals surface area contributed by atoms with Crippen molar-refractivity contribution < 1.29 is 19.4 Å². The Balaban J connectivity index is 1.53. The Hall–Kier alpha value is -4.13. The number of aryl methyl sites for hydroxylation is 1. The molecule has 0 saturated heterocycles. The molecule has 0 aromatic carbocycles. The third kappa shape index (κ3) is 6.26. The molecule has 184 valence electrons. The van der Waals surface area contributed by atoms with Crippen LogP contribution in [0.1, 0.15) is 55.7 Å². The van der Waals surface area contributed by atoms with Gasteiger partial charge in [-0.25, -0.2) is 24.7 Å². The monoisotopic (exact) mass is 481 g/mol. The number of carbonyl (C=O) groups is 2. The van der Waals surface area contributed by atoms with Gasteiger partial charge in [0.25, 0.3) is 11.8 Å². The van der Waals surface area contributed by atoms with Gasteiger partial charge in [0.15, 0.2) is 5.82 Å². The molecule has 1 aliphatic carbocycles. The van der Waals surface area contributed by atoms with E-state index in [4.69, 9.17) is 4.74 Å². The Kier molecular flexibility index (Phi) is 6.87. The van der Waals surface area contributed by atoms with Crippen LogP contribution in [0.15, 0.2) is 31.1 Å². The Morgan fingerprint density at radius 3 is 2.60 bits per heavy atom. The maximum Gasteiger partial charge on any atom is 0.418 e. The van der Waals surface area contributed by atoms with E-state index in [9.17, 15) is 14.7 Å². The van der Waals surface area contributed by atoms with Gasteiger partial charge in [0, 0.05) is 19.0 Å². The van der Waals surface area contributed by atoms with Crippen molar-refractivity contribution in [3.8, 4) is 5.88 Å². The maximum absolute atomic E-state index is 12.8. The first kappa shape index (κ1) is 24.0. The topological polar surface area (TPSA) is 169 Å². The third-order valence-corrected chi connectivity index (χ3v) is 5.04. The SMILES string of the molecule is CCn1ncc(NC(=O)Oc2nc(C3CC3)cnc2Nc2cncnc2)c1C(=O)NCC(C)(C)O. The van der Waals surface area contributed by atoms with E-state index in [0.717, 1.165) is 18.5 Å². The summed E-state index contributed by atoms with van der Waals surface area (Å²) in [5.74, 6) is -0.0157. The molecular weight excluding hydrogens is 454 g/mol. The summed E-state index contributed by atoms with van der Waals surface area (Å²) in [5.41, 5.74) is 0.459. The number of nitrogens with one attached hydrogen (secondary N) is 3. The van der Waals surface area contributed by atoms with Crippen LogP contribution in [0.2, 0.25) is 0 Å². The number of nitrogens with zero attached hydrogens (tertiary/aromatic N) is 6. The molecule has 3 aromatic heterocycles. The van der Waals surface area contributed by atoms with Gasteiger partial charge in [-0.2, -0.15) is 5.10 Å². The van der Waals surface area contributed by atoms with Crippen molar-refractivity contribution in [1.29, 1.82) is 0 Å². The Morgan fingerprint density at radius 1 is 1.20 bits per heavy atom. The number of ether oxygens (including phenoxy) is 1. The zero-order valence-electron chi connectivity index (χ0n) is 19.6. The fourth-order valence-electron chi connectivity index (χ4n) is 3.18. The van der Waals surface area contributed by atoms with Crippen LogP contribution in [0.3, 0.4) is 0 Å². The van der Waals surface area contributed by atoms with E-state index in [1.165, 1.54) is 17.2 Å². The molecule has 4 rings (SSSR count). The van der Waals surface area contributed by atoms with Gasteiger partial charge in [-0.1, -0.05) is 0 Å². The first-order chi connectivity index (χ1) is 16.7. The molecule has 0 radical (unpaired) electrons. The second kappa shape index (κ2) is 10.0. The molecule has 1 aliphatic rings. The van der Waals surface area contributed by atoms with E-state index < -0.39 is 17.6 Å². The van der Waals surface area contributed by atoms with Gasteiger partial charge in [-0.15, -0.1) is 0 Å². The molecule has 0 unspecified atom stereocenters. The summed E-state index contributed by atoms with van der Waals surface area (Å²) >= 11 is 0. The van der Waals surface area contributed by atoms with E-state index >= 15 is 0 Å². The first-order valence-electron chi connectivity index (χ1n) is 11.2. The zero-order chi connectivity index (χ0) is 25.0. The second-order valence-corrected chi connectivity index (χ2v) is 8.71. The predicted octanol–water partition coefficient (Wildman–Crippen LogP) is 2.22. The molecule has 1 saturated carbocycles. The Bertz CT molecular complexity index is 1200. The van der Waals surface area contributed by atoms with Crippen LogP contribution in [0.5, 0.6) is 5.88 Å². The van der Waals surface area contributed by atoms with Crippen LogP contribution in [-0.2, 0) is 6.54 Å². The van der Waals surface area contributed by atoms with E-state index in [0.29, 0.717) is 12.2 Å². The summed E-state index contributed by atoms with van der Waals surface area (Å²) in [6.45, 7) is 5.37. The molecule has 2 amide bonds. The number of carbonyl (C=O) groups excluding carboxylic acids is 2. The minimum absolute atomic E-state index is 0.0202. The van der Waals surface area contributed by atoms with Crippen molar-refractivity contribution in [1.82, 2.24) is 35.0 Å². The van der Waals surface area contributed by atoms with Gasteiger partial charge in [-0.3, -0.25) is 14.8 Å². The lowest BCUT2D eigenvalue weighted by atomic mass is 10.1. The van der Waals surface area contributed by atoms with Crippen LogP contribution >= 0.6 is 0 Å². The van der Waals surface area contributed by atoms with Crippen molar-refractivity contribution in [2.75, 3.05) is 17.2 Å². The number of anilines is 3. The Labute approximate surface area is 201 Å². The molecular formula is C22H27N9O4. The minimum atomic E-state index is -1.10. The normalized spacial score (nSPS) is 13.3. The molecule has 0 bridgehead atoms. The average molecular weight is 482 g/mol. The number of hydrogen-bond acceptors (Lipinski definition) is 10. The second-order valence-electron chi connectivity index (χ2n) is 8.71. The van der Waals surface area contributed by atoms with E-state index in [2.05, 4.69) is 41.0 Å². The molecule has 1 fully saturated rings. The fourth-order valence-corrected chi connectivity index (χ4v) is 3.18. The van der Waals surface area contributed by atoms with E-state index in [1.807, 2.05) is 6.92 Å². The number of rotatable bonds is 9. The largest absolute Gasteiger partial charge is 0.418 e. The van der Waals surface area contributed by atoms with Gasteiger partial charge in [0.2, 0.25) is 0 Å². The predicted molar refractivity (Wildman–Crippen MR) is 126 cm³/mol. The smallest absolute Gasteiger partial charge is 0.389 e. The highest BCUT2D eigenvalue weighted by Crippen LogP contribution is 2.40. The van der Waals surface area contributed by atoms with Crippen molar-refractivity contribution in [2.24, 2.45) is 0 Å². The standard InChI is InChI=1S/C22H27N9O4/c1-4-31-17(19(32)26-11-22(2,3)34)16(10-27-31)30-21(33)35-20-18(28-14-7-23-12-24-8-14)25-9-15(29-20)13-5-6-13/h7-10,12-13,34H,4-6,11H2,1-3H3,(H,25,28)(H,26,32)(H,30,33). The first-order valence-corrected chi connectivity index (χ1v) is 11.2. The summed E-state index contributed by atoms with van der Waals surface area (Å²) in [4.78, 5) is 42.3. The quantitative estimate of drug-likeness (QED) is 0.355. The lowest BCUT2D eigenvalue weighted by molar-refractivity contribution is 0.0689. The summed E-state index contributed by atoms with van der Waals surface area (Å²) < 4.78 is 6.93. The third-order valence-electron chi connectivity index (χ3n) is 5.04. The van der Waals surface area contributed by atoms with Gasteiger partial charge < -0.3 is 20.5 Å². The van der Waals surface area contributed by atoms with Crippen LogP contribution < -0.4 is 20.7 Å². The average Bonchev–Trinajstić information content (AvgIpc) is 3.59. The summed E-state index contributed by atoms with van der Waals surface area (Å²) in [6.07, 6.45) is 8.62. The van der Waals surface area contributed by atoms with E-state index in [-0.39, 0.29) is 35.5 Å². The van der Waals surface area contributed by atoms with E-state index in [1.54, 1.807) is 32.4 Å².